The predicted molar refractivity (Wildman–Crippen MR) is 80.5 cm³/mol. The van der Waals surface area contributed by atoms with Crippen molar-refractivity contribution in [1.29, 1.82) is 0 Å². The predicted octanol–water partition coefficient (Wildman–Crippen LogP) is 1.39. The first kappa shape index (κ1) is 14.5. The second kappa shape index (κ2) is 7.03. The van der Waals surface area contributed by atoms with E-state index in [-0.39, 0.29) is 5.91 Å². The number of hydrogen-bond acceptors (Lipinski definition) is 3. The normalized spacial score (nSPS) is 16.3. The number of piperazine rings is 1. The first-order valence-corrected chi connectivity index (χ1v) is 7.43. The molecule has 1 aliphatic rings. The molecule has 1 aromatic rings. The summed E-state index contributed by atoms with van der Waals surface area (Å²) in [6.45, 7) is 7.81. The molecule has 0 saturated carbocycles. The van der Waals surface area contributed by atoms with Crippen molar-refractivity contribution in [2.45, 2.75) is 6.92 Å². The van der Waals surface area contributed by atoms with Crippen molar-refractivity contribution in [3.8, 4) is 0 Å². The Kier molecular flexibility index (Phi) is 5.36. The van der Waals surface area contributed by atoms with Gasteiger partial charge in [0.2, 0.25) is 0 Å². The average molecular weight is 326 g/mol. The van der Waals surface area contributed by atoms with E-state index in [2.05, 4.69) is 31.5 Å². The lowest BCUT2D eigenvalue weighted by Gasteiger charge is -2.27. The van der Waals surface area contributed by atoms with Gasteiger partial charge in [0.25, 0.3) is 5.91 Å². The van der Waals surface area contributed by atoms with Crippen molar-refractivity contribution < 1.29 is 4.79 Å². The second-order valence-electron chi connectivity index (χ2n) is 4.86. The molecule has 1 aliphatic heterocycles. The summed E-state index contributed by atoms with van der Waals surface area (Å²) in [5.41, 5.74) is 1.80. The van der Waals surface area contributed by atoms with E-state index in [0.29, 0.717) is 12.1 Å². The topological polar surface area (TPSA) is 44.4 Å². The van der Waals surface area contributed by atoms with Crippen LogP contribution in [0.15, 0.2) is 22.7 Å². The number of nitrogens with zero attached hydrogens (tertiary/aromatic N) is 1. The third kappa shape index (κ3) is 4.60. The lowest BCUT2D eigenvalue weighted by Crippen LogP contribution is -2.46. The van der Waals surface area contributed by atoms with Crippen LogP contribution in [0, 0.1) is 6.92 Å². The van der Waals surface area contributed by atoms with Gasteiger partial charge in [-0.1, -0.05) is 15.9 Å². The van der Waals surface area contributed by atoms with Crippen LogP contribution in [0.3, 0.4) is 0 Å². The fourth-order valence-electron chi connectivity index (χ4n) is 2.23. The summed E-state index contributed by atoms with van der Waals surface area (Å²) < 4.78 is 0.944. The maximum atomic E-state index is 12.0. The Morgan fingerprint density at radius 1 is 1.37 bits per heavy atom. The van der Waals surface area contributed by atoms with Gasteiger partial charge in [-0.05, 0) is 30.7 Å². The molecule has 1 heterocycles. The van der Waals surface area contributed by atoms with Crippen molar-refractivity contribution >= 4 is 21.8 Å². The Hall–Kier alpha value is -0.910. The van der Waals surface area contributed by atoms with Crippen LogP contribution in [-0.4, -0.2) is 50.1 Å². The molecular weight excluding hydrogens is 306 g/mol. The minimum atomic E-state index is -0.000431. The number of nitrogens with one attached hydrogen (secondary N) is 2. The molecule has 0 radical (unpaired) electrons. The van der Waals surface area contributed by atoms with E-state index in [1.807, 2.05) is 25.1 Å². The van der Waals surface area contributed by atoms with E-state index in [1.165, 1.54) is 0 Å². The van der Waals surface area contributed by atoms with Crippen molar-refractivity contribution in [2.24, 2.45) is 0 Å². The molecule has 1 fully saturated rings. The molecule has 0 bridgehead atoms. The van der Waals surface area contributed by atoms with Crippen molar-refractivity contribution in [2.75, 3.05) is 39.3 Å². The zero-order chi connectivity index (χ0) is 13.7. The van der Waals surface area contributed by atoms with Crippen molar-refractivity contribution in [3.05, 3.63) is 33.8 Å². The SMILES string of the molecule is Cc1cc(Br)cc(C(=O)NCCN2CCNCC2)c1. The van der Waals surface area contributed by atoms with Gasteiger partial charge in [0.05, 0.1) is 0 Å². The molecule has 2 rings (SSSR count). The molecule has 0 spiro atoms. The first-order valence-electron chi connectivity index (χ1n) is 6.63. The van der Waals surface area contributed by atoms with Crippen molar-refractivity contribution in [1.82, 2.24) is 15.5 Å². The van der Waals surface area contributed by atoms with E-state index < -0.39 is 0 Å². The molecule has 1 aromatic carbocycles. The van der Waals surface area contributed by atoms with Crippen LogP contribution in [0.25, 0.3) is 0 Å². The summed E-state index contributed by atoms with van der Waals surface area (Å²) in [5.74, 6) is -0.000431. The lowest BCUT2D eigenvalue weighted by molar-refractivity contribution is 0.0947. The van der Waals surface area contributed by atoms with Crippen LogP contribution in [0.2, 0.25) is 0 Å². The smallest absolute Gasteiger partial charge is 0.251 e. The molecule has 0 aliphatic carbocycles. The molecule has 1 saturated heterocycles. The molecule has 104 valence electrons. The Labute approximate surface area is 122 Å². The Balaban J connectivity index is 1.80. The molecule has 0 atom stereocenters. The van der Waals surface area contributed by atoms with Crippen LogP contribution >= 0.6 is 15.9 Å². The van der Waals surface area contributed by atoms with Crippen molar-refractivity contribution in [3.63, 3.8) is 0 Å². The van der Waals surface area contributed by atoms with E-state index >= 15 is 0 Å². The number of aryl methyl sites for hydroxylation is 1. The van der Waals surface area contributed by atoms with Crippen LogP contribution in [0.5, 0.6) is 0 Å². The number of amides is 1. The fourth-order valence-corrected chi connectivity index (χ4v) is 2.84. The highest BCUT2D eigenvalue weighted by Gasteiger charge is 2.10. The van der Waals surface area contributed by atoms with Gasteiger partial charge in [-0.2, -0.15) is 0 Å². The summed E-state index contributed by atoms with van der Waals surface area (Å²) in [5, 5.41) is 6.30. The summed E-state index contributed by atoms with van der Waals surface area (Å²) >= 11 is 3.42. The third-order valence-electron chi connectivity index (χ3n) is 3.23. The molecule has 5 heteroatoms. The van der Waals surface area contributed by atoms with Crippen LogP contribution in [-0.2, 0) is 0 Å². The molecule has 4 nitrogen and oxygen atoms in total. The van der Waals surface area contributed by atoms with E-state index in [1.54, 1.807) is 0 Å². The van der Waals surface area contributed by atoms with Gasteiger partial charge in [0.1, 0.15) is 0 Å². The Bertz CT molecular complexity index is 424. The third-order valence-corrected chi connectivity index (χ3v) is 3.69. The molecule has 0 unspecified atom stereocenters. The van der Waals surface area contributed by atoms with Gasteiger partial charge < -0.3 is 10.6 Å². The molecule has 19 heavy (non-hydrogen) atoms. The monoisotopic (exact) mass is 325 g/mol. The van der Waals surface area contributed by atoms with Gasteiger partial charge in [-0.15, -0.1) is 0 Å². The highest BCUT2D eigenvalue weighted by molar-refractivity contribution is 9.10. The Morgan fingerprint density at radius 2 is 2.11 bits per heavy atom. The highest BCUT2D eigenvalue weighted by atomic mass is 79.9. The first-order chi connectivity index (χ1) is 9.15. The number of halogens is 1. The average Bonchev–Trinajstić information content (AvgIpc) is 2.38. The Morgan fingerprint density at radius 3 is 2.79 bits per heavy atom. The number of rotatable bonds is 4. The van der Waals surface area contributed by atoms with Gasteiger partial charge >= 0.3 is 0 Å². The largest absolute Gasteiger partial charge is 0.351 e. The van der Waals surface area contributed by atoms with Gasteiger partial charge in [0.15, 0.2) is 0 Å². The lowest BCUT2D eigenvalue weighted by atomic mass is 10.1. The fraction of sp³-hybridized carbons (Fsp3) is 0.500. The van der Waals surface area contributed by atoms with E-state index in [9.17, 15) is 4.79 Å². The standard InChI is InChI=1S/C14H20BrN3O/c1-11-8-12(10-13(15)9-11)14(19)17-4-7-18-5-2-16-3-6-18/h8-10,16H,2-7H2,1H3,(H,17,19). The number of benzene rings is 1. The van der Waals surface area contributed by atoms with Gasteiger partial charge in [-0.25, -0.2) is 0 Å². The minimum absolute atomic E-state index is 0.000431. The van der Waals surface area contributed by atoms with Crippen LogP contribution < -0.4 is 10.6 Å². The summed E-state index contributed by atoms with van der Waals surface area (Å²) in [7, 11) is 0. The molecule has 2 N–H and O–H groups in total. The maximum absolute atomic E-state index is 12.0. The summed E-state index contributed by atoms with van der Waals surface area (Å²) in [4.78, 5) is 14.4. The highest BCUT2D eigenvalue weighted by Crippen LogP contribution is 2.15. The van der Waals surface area contributed by atoms with Gasteiger partial charge in [0, 0.05) is 49.3 Å². The molecule has 1 amide bonds. The summed E-state index contributed by atoms with van der Waals surface area (Å²) in [6, 6.07) is 5.76. The minimum Gasteiger partial charge on any atom is -0.351 e. The maximum Gasteiger partial charge on any atom is 0.251 e. The number of carbonyl (C=O) groups is 1. The van der Waals surface area contributed by atoms with E-state index in [4.69, 9.17) is 0 Å². The zero-order valence-corrected chi connectivity index (χ0v) is 12.8. The quantitative estimate of drug-likeness (QED) is 0.879. The van der Waals surface area contributed by atoms with E-state index in [0.717, 1.165) is 42.8 Å². The van der Waals surface area contributed by atoms with Gasteiger partial charge in [-0.3, -0.25) is 9.69 Å². The zero-order valence-electron chi connectivity index (χ0n) is 11.2. The molecule has 0 aromatic heterocycles. The summed E-state index contributed by atoms with van der Waals surface area (Å²) in [6.07, 6.45) is 0. The second-order valence-corrected chi connectivity index (χ2v) is 5.78. The van der Waals surface area contributed by atoms with Crippen LogP contribution in [0.4, 0.5) is 0 Å². The number of hydrogen-bond donors (Lipinski definition) is 2. The molecular formula is C14H20BrN3O. The van der Waals surface area contributed by atoms with Crippen LogP contribution in [0.1, 0.15) is 15.9 Å². The number of carbonyl (C=O) groups excluding carboxylic acids is 1.